The van der Waals surface area contributed by atoms with Crippen LogP contribution in [0.2, 0.25) is 0 Å². The number of aromatic carboxylic acids is 1. The number of aryl methyl sites for hydroxylation is 1. The fourth-order valence-electron chi connectivity index (χ4n) is 2.13. The molecule has 3 aromatic rings. The molecule has 0 aliphatic carbocycles. The highest BCUT2D eigenvalue weighted by Crippen LogP contribution is 2.32. The largest absolute Gasteiger partial charge is 0.506 e. The summed E-state index contributed by atoms with van der Waals surface area (Å²) in [6.45, 7) is 2.09. The van der Waals surface area contributed by atoms with Crippen molar-refractivity contribution in [1.29, 1.82) is 0 Å². The molecule has 0 unspecified atom stereocenters. The van der Waals surface area contributed by atoms with E-state index in [0.717, 1.165) is 16.6 Å². The lowest BCUT2D eigenvalue weighted by molar-refractivity contribution is 0.0697. The third kappa shape index (κ3) is 2.73. The number of thiazole rings is 1. The molecule has 0 fully saturated rings. The summed E-state index contributed by atoms with van der Waals surface area (Å²) in [6.07, 6.45) is 0.956. The van der Waals surface area contributed by atoms with E-state index in [1.54, 1.807) is 0 Å². The molecule has 0 bridgehead atoms. The van der Waals surface area contributed by atoms with E-state index in [1.807, 2.05) is 12.1 Å². The topological polar surface area (TPSA) is 82.5 Å². The van der Waals surface area contributed by atoms with Gasteiger partial charge in [0, 0.05) is 0 Å². The summed E-state index contributed by atoms with van der Waals surface area (Å²) in [5.74, 6) is -1.06. The van der Waals surface area contributed by atoms with Crippen LogP contribution in [-0.4, -0.2) is 21.2 Å². The molecule has 6 heteroatoms. The Hall–Kier alpha value is -2.60. The fraction of sp³-hybridized carbons (Fsp3) is 0.125. The number of aromatic nitrogens is 1. The summed E-state index contributed by atoms with van der Waals surface area (Å²) in [7, 11) is 0. The van der Waals surface area contributed by atoms with Gasteiger partial charge in [-0.05, 0) is 42.3 Å². The number of aromatic hydroxyl groups is 1. The summed E-state index contributed by atoms with van der Waals surface area (Å²) in [4.78, 5) is 15.5. The van der Waals surface area contributed by atoms with Crippen LogP contribution in [0.4, 0.5) is 10.8 Å². The number of rotatable bonds is 4. The van der Waals surface area contributed by atoms with Gasteiger partial charge in [0.05, 0.1) is 21.5 Å². The number of fused-ring (bicyclic) bond motifs is 1. The Morgan fingerprint density at radius 1 is 1.27 bits per heavy atom. The maximum Gasteiger partial charge on any atom is 0.335 e. The van der Waals surface area contributed by atoms with E-state index in [9.17, 15) is 9.90 Å². The molecular weight excluding hydrogens is 300 g/mol. The number of hydrogen-bond acceptors (Lipinski definition) is 5. The Labute approximate surface area is 130 Å². The number of carboxylic acids is 1. The zero-order valence-corrected chi connectivity index (χ0v) is 12.6. The van der Waals surface area contributed by atoms with Crippen LogP contribution in [0, 0.1) is 0 Å². The first kappa shape index (κ1) is 14.3. The van der Waals surface area contributed by atoms with Gasteiger partial charge in [-0.1, -0.05) is 24.3 Å². The highest BCUT2D eigenvalue weighted by atomic mass is 32.1. The van der Waals surface area contributed by atoms with Crippen LogP contribution in [0.25, 0.3) is 10.2 Å². The molecule has 22 heavy (non-hydrogen) atoms. The van der Waals surface area contributed by atoms with E-state index in [4.69, 9.17) is 5.11 Å². The Morgan fingerprint density at radius 3 is 2.82 bits per heavy atom. The molecule has 0 aliphatic heterocycles. The van der Waals surface area contributed by atoms with Crippen molar-refractivity contribution in [1.82, 2.24) is 4.98 Å². The minimum absolute atomic E-state index is 0.0153. The summed E-state index contributed by atoms with van der Waals surface area (Å²) in [5, 5.41) is 22.5. The number of carbonyl (C=O) groups is 1. The third-order valence-corrected chi connectivity index (χ3v) is 4.28. The highest BCUT2D eigenvalue weighted by molar-refractivity contribution is 7.22. The average Bonchev–Trinajstić information content (AvgIpc) is 2.90. The van der Waals surface area contributed by atoms with Gasteiger partial charge in [0.15, 0.2) is 5.13 Å². The van der Waals surface area contributed by atoms with Gasteiger partial charge in [0.2, 0.25) is 0 Å². The fourth-order valence-corrected chi connectivity index (χ4v) is 3.07. The summed E-state index contributed by atoms with van der Waals surface area (Å²) < 4.78 is 1.05. The number of nitrogens with zero attached hydrogens (tertiary/aromatic N) is 1. The van der Waals surface area contributed by atoms with Gasteiger partial charge in [0.1, 0.15) is 5.75 Å². The lowest BCUT2D eigenvalue weighted by Crippen LogP contribution is -1.98. The van der Waals surface area contributed by atoms with Crippen molar-refractivity contribution in [2.75, 3.05) is 5.32 Å². The lowest BCUT2D eigenvalue weighted by atomic mass is 10.2. The molecule has 3 rings (SSSR count). The molecule has 0 atom stereocenters. The molecule has 0 amide bonds. The minimum atomic E-state index is -1.04. The molecule has 1 heterocycles. The van der Waals surface area contributed by atoms with Crippen molar-refractivity contribution < 1.29 is 15.0 Å². The molecule has 0 aliphatic rings. The van der Waals surface area contributed by atoms with E-state index in [1.165, 1.54) is 35.1 Å². The van der Waals surface area contributed by atoms with Crippen molar-refractivity contribution in [3.05, 3.63) is 47.5 Å². The molecule has 1 aromatic heterocycles. The predicted octanol–water partition coefficient (Wildman–Crippen LogP) is 4.01. The molecule has 0 saturated carbocycles. The quantitative estimate of drug-likeness (QED) is 0.634. The van der Waals surface area contributed by atoms with E-state index in [0.29, 0.717) is 10.8 Å². The van der Waals surface area contributed by atoms with Gasteiger partial charge in [-0.3, -0.25) is 0 Å². The van der Waals surface area contributed by atoms with Crippen molar-refractivity contribution >= 4 is 38.3 Å². The Morgan fingerprint density at radius 2 is 2.09 bits per heavy atom. The third-order valence-electron chi connectivity index (χ3n) is 3.35. The molecular formula is C16H14N2O3S. The van der Waals surface area contributed by atoms with Gasteiger partial charge >= 0.3 is 5.97 Å². The molecule has 112 valence electrons. The number of phenolic OH excluding ortho intramolecular Hbond substituents is 1. The molecule has 0 spiro atoms. The first-order chi connectivity index (χ1) is 10.6. The second-order valence-electron chi connectivity index (χ2n) is 4.84. The smallest absolute Gasteiger partial charge is 0.335 e. The first-order valence-corrected chi connectivity index (χ1v) is 7.61. The lowest BCUT2D eigenvalue weighted by Gasteiger charge is -2.06. The number of hydrogen-bond donors (Lipinski definition) is 3. The Balaban J connectivity index is 1.96. The zero-order chi connectivity index (χ0) is 15.7. The maximum atomic E-state index is 11.0. The SMILES string of the molecule is CCc1ccc2nc(Nc3cc(C(=O)O)ccc3O)sc2c1. The van der Waals surface area contributed by atoms with Gasteiger partial charge in [-0.15, -0.1) is 0 Å². The molecule has 3 N–H and O–H groups in total. The summed E-state index contributed by atoms with van der Waals surface area (Å²) >= 11 is 1.46. The second kappa shape index (κ2) is 5.65. The van der Waals surface area contributed by atoms with Crippen LogP contribution in [0.3, 0.4) is 0 Å². The summed E-state index contributed by atoms with van der Waals surface area (Å²) in [5.41, 5.74) is 2.54. The van der Waals surface area contributed by atoms with Crippen molar-refractivity contribution in [3.63, 3.8) is 0 Å². The first-order valence-electron chi connectivity index (χ1n) is 6.79. The standard InChI is InChI=1S/C16H14N2O3S/c1-2-9-3-5-11-14(7-9)22-16(17-11)18-12-8-10(15(20)21)4-6-13(12)19/h3-8,19H,2H2,1H3,(H,17,18)(H,20,21). The molecule has 0 saturated heterocycles. The van der Waals surface area contributed by atoms with Crippen molar-refractivity contribution in [2.24, 2.45) is 0 Å². The molecule has 5 nitrogen and oxygen atoms in total. The average molecular weight is 314 g/mol. The number of phenols is 1. The van der Waals surface area contributed by atoms with Gasteiger partial charge in [-0.25, -0.2) is 9.78 Å². The van der Waals surface area contributed by atoms with Crippen LogP contribution >= 0.6 is 11.3 Å². The second-order valence-corrected chi connectivity index (χ2v) is 5.87. The summed E-state index contributed by atoms with van der Waals surface area (Å²) in [6, 6.07) is 10.2. The Kier molecular flexibility index (Phi) is 3.68. The van der Waals surface area contributed by atoms with Crippen LogP contribution in [-0.2, 0) is 6.42 Å². The zero-order valence-electron chi connectivity index (χ0n) is 11.8. The number of carboxylic acid groups (broad SMARTS) is 1. The maximum absolute atomic E-state index is 11.0. The number of anilines is 2. The van der Waals surface area contributed by atoms with Crippen molar-refractivity contribution in [3.8, 4) is 5.75 Å². The van der Waals surface area contributed by atoms with E-state index < -0.39 is 5.97 Å². The minimum Gasteiger partial charge on any atom is -0.506 e. The van der Waals surface area contributed by atoms with E-state index in [-0.39, 0.29) is 11.3 Å². The molecule has 2 aromatic carbocycles. The van der Waals surface area contributed by atoms with E-state index in [2.05, 4.69) is 23.3 Å². The van der Waals surface area contributed by atoms with Gasteiger partial charge in [-0.2, -0.15) is 0 Å². The van der Waals surface area contributed by atoms with E-state index >= 15 is 0 Å². The number of nitrogens with one attached hydrogen (secondary N) is 1. The van der Waals surface area contributed by atoms with Crippen LogP contribution in [0.1, 0.15) is 22.8 Å². The van der Waals surface area contributed by atoms with Crippen LogP contribution in [0.5, 0.6) is 5.75 Å². The van der Waals surface area contributed by atoms with Crippen LogP contribution in [0.15, 0.2) is 36.4 Å². The van der Waals surface area contributed by atoms with Crippen molar-refractivity contribution in [2.45, 2.75) is 13.3 Å². The highest BCUT2D eigenvalue weighted by Gasteiger charge is 2.10. The van der Waals surface area contributed by atoms with Gasteiger partial charge in [0.25, 0.3) is 0 Å². The normalized spacial score (nSPS) is 10.8. The monoisotopic (exact) mass is 314 g/mol. The Bertz CT molecular complexity index is 858. The molecule has 0 radical (unpaired) electrons. The van der Waals surface area contributed by atoms with Crippen LogP contribution < -0.4 is 5.32 Å². The number of benzene rings is 2. The van der Waals surface area contributed by atoms with Gasteiger partial charge < -0.3 is 15.5 Å². The predicted molar refractivity (Wildman–Crippen MR) is 87.3 cm³/mol.